The Hall–Kier alpha value is -1.56. The Bertz CT molecular complexity index is 493. The van der Waals surface area contributed by atoms with Crippen molar-refractivity contribution < 1.29 is 15.0 Å². The van der Waals surface area contributed by atoms with E-state index < -0.39 is 12.1 Å². The minimum Gasteiger partial charge on any atom is -0.394 e. The van der Waals surface area contributed by atoms with Gasteiger partial charge in [-0.05, 0) is 31.2 Å². The maximum Gasteiger partial charge on any atom is 0.220 e. The monoisotopic (exact) mass is 438 g/mol. The van der Waals surface area contributed by atoms with Crippen molar-refractivity contribution in [2.24, 2.45) is 5.11 Å². The zero-order valence-electron chi connectivity index (χ0n) is 19.7. The topological polar surface area (TPSA) is 118 Å². The number of carbonyl (C=O) groups excluding carboxylic acids is 1. The SMILES string of the molecule is CCCCCCCCCCCCCC=CC(O)C(CO)NC(=O)CCCCCN=[N+]=[N-]. The van der Waals surface area contributed by atoms with Gasteiger partial charge in [-0.2, -0.15) is 0 Å². The summed E-state index contributed by atoms with van der Waals surface area (Å²) in [6.45, 7) is 2.40. The number of hydrogen-bond donors (Lipinski definition) is 3. The van der Waals surface area contributed by atoms with Crippen molar-refractivity contribution in [3.8, 4) is 0 Å². The average Bonchev–Trinajstić information content (AvgIpc) is 2.77. The van der Waals surface area contributed by atoms with E-state index in [0.29, 0.717) is 19.4 Å². The number of aliphatic hydroxyl groups excluding tert-OH is 2. The summed E-state index contributed by atoms with van der Waals surface area (Å²) in [5, 5.41) is 25.8. The molecule has 180 valence electrons. The summed E-state index contributed by atoms with van der Waals surface area (Å²) in [5.74, 6) is -0.180. The van der Waals surface area contributed by atoms with Crippen LogP contribution in [0.3, 0.4) is 0 Å². The van der Waals surface area contributed by atoms with Gasteiger partial charge >= 0.3 is 0 Å². The Labute approximate surface area is 189 Å². The average molecular weight is 439 g/mol. The third-order valence-electron chi connectivity index (χ3n) is 5.49. The second kappa shape index (κ2) is 23.1. The van der Waals surface area contributed by atoms with Gasteiger partial charge in [0, 0.05) is 17.9 Å². The van der Waals surface area contributed by atoms with Crippen molar-refractivity contribution in [3.05, 3.63) is 22.6 Å². The van der Waals surface area contributed by atoms with Gasteiger partial charge in [0.2, 0.25) is 5.91 Å². The minimum absolute atomic E-state index is 0.180. The van der Waals surface area contributed by atoms with Crippen LogP contribution in [0.1, 0.15) is 110 Å². The molecule has 7 nitrogen and oxygen atoms in total. The molecule has 0 fully saturated rings. The fourth-order valence-electron chi connectivity index (χ4n) is 3.50. The molecule has 0 rings (SSSR count). The van der Waals surface area contributed by atoms with Gasteiger partial charge in [-0.15, -0.1) is 0 Å². The Morgan fingerprint density at radius 1 is 0.968 bits per heavy atom. The molecule has 0 aromatic rings. The summed E-state index contributed by atoms with van der Waals surface area (Å²) in [7, 11) is 0. The van der Waals surface area contributed by atoms with Gasteiger partial charge in [0.25, 0.3) is 0 Å². The second-order valence-corrected chi connectivity index (χ2v) is 8.36. The number of rotatable bonds is 22. The largest absolute Gasteiger partial charge is 0.394 e. The summed E-state index contributed by atoms with van der Waals surface area (Å²) in [6, 6.07) is -0.677. The van der Waals surface area contributed by atoms with Crippen LogP contribution in [0.2, 0.25) is 0 Å². The summed E-state index contributed by atoms with van der Waals surface area (Å²) in [5.41, 5.74) is 8.20. The van der Waals surface area contributed by atoms with Crippen molar-refractivity contribution in [3.63, 3.8) is 0 Å². The lowest BCUT2D eigenvalue weighted by Crippen LogP contribution is -2.45. The fraction of sp³-hybridized carbons (Fsp3) is 0.875. The maximum atomic E-state index is 12.0. The number of azide groups is 1. The van der Waals surface area contributed by atoms with E-state index in [9.17, 15) is 15.0 Å². The van der Waals surface area contributed by atoms with E-state index in [1.54, 1.807) is 6.08 Å². The molecule has 3 N–H and O–H groups in total. The van der Waals surface area contributed by atoms with Crippen LogP contribution in [-0.4, -0.2) is 41.4 Å². The lowest BCUT2D eigenvalue weighted by Gasteiger charge is -2.19. The number of nitrogens with one attached hydrogen (secondary N) is 1. The minimum atomic E-state index is -0.883. The first-order valence-electron chi connectivity index (χ1n) is 12.4. The summed E-state index contributed by atoms with van der Waals surface area (Å²) >= 11 is 0. The normalized spacial score (nSPS) is 13.1. The quantitative estimate of drug-likeness (QED) is 0.0636. The third kappa shape index (κ3) is 20.1. The standard InChI is InChI=1S/C24H46N4O3/c1-2-3-4-5-6-7-8-9-10-11-12-13-15-18-23(30)22(21-29)27-24(31)19-16-14-17-20-26-28-25/h15,18,22-23,29-30H,2-14,16-17,19-21H2,1H3,(H,27,31). The first-order chi connectivity index (χ1) is 15.2. The third-order valence-corrected chi connectivity index (χ3v) is 5.49. The predicted octanol–water partition coefficient (Wildman–Crippen LogP) is 5.95. The molecule has 0 aliphatic heterocycles. The van der Waals surface area contributed by atoms with E-state index in [1.807, 2.05) is 6.08 Å². The van der Waals surface area contributed by atoms with Crippen LogP contribution in [0.15, 0.2) is 17.3 Å². The Kier molecular flexibility index (Phi) is 21.9. The molecule has 0 aromatic carbocycles. The Morgan fingerprint density at radius 2 is 1.55 bits per heavy atom. The lowest BCUT2D eigenvalue weighted by molar-refractivity contribution is -0.123. The van der Waals surface area contributed by atoms with Gasteiger partial charge in [-0.25, -0.2) is 0 Å². The molecule has 0 heterocycles. The Balaban J connectivity index is 3.73. The second-order valence-electron chi connectivity index (χ2n) is 8.36. The number of nitrogens with zero attached hydrogens (tertiary/aromatic N) is 3. The molecule has 7 heteroatoms. The van der Waals surface area contributed by atoms with Crippen LogP contribution < -0.4 is 5.32 Å². The van der Waals surface area contributed by atoms with E-state index >= 15 is 0 Å². The molecule has 2 atom stereocenters. The van der Waals surface area contributed by atoms with Gasteiger partial charge in [0.15, 0.2) is 0 Å². The van der Waals surface area contributed by atoms with Gasteiger partial charge in [0.1, 0.15) is 0 Å². The van der Waals surface area contributed by atoms with Crippen LogP contribution in [0.5, 0.6) is 0 Å². The zero-order chi connectivity index (χ0) is 23.0. The smallest absolute Gasteiger partial charge is 0.220 e. The van der Waals surface area contributed by atoms with Gasteiger partial charge in [-0.3, -0.25) is 4.79 Å². The van der Waals surface area contributed by atoms with Crippen molar-refractivity contribution in [1.82, 2.24) is 5.32 Å². The molecule has 0 saturated carbocycles. The number of allylic oxidation sites excluding steroid dienone is 1. The molecule has 0 saturated heterocycles. The molecule has 1 amide bonds. The Morgan fingerprint density at radius 3 is 2.13 bits per heavy atom. The van der Waals surface area contributed by atoms with E-state index in [4.69, 9.17) is 5.53 Å². The van der Waals surface area contributed by atoms with Crippen LogP contribution in [0.4, 0.5) is 0 Å². The molecular weight excluding hydrogens is 392 g/mol. The van der Waals surface area contributed by atoms with Crippen molar-refractivity contribution in [2.75, 3.05) is 13.2 Å². The lowest BCUT2D eigenvalue weighted by atomic mass is 10.0. The van der Waals surface area contributed by atoms with Crippen LogP contribution in [-0.2, 0) is 4.79 Å². The van der Waals surface area contributed by atoms with Crippen LogP contribution in [0, 0.1) is 0 Å². The molecule has 2 unspecified atom stereocenters. The molecular formula is C24H46N4O3. The summed E-state index contributed by atoms with van der Waals surface area (Å²) < 4.78 is 0. The van der Waals surface area contributed by atoms with E-state index in [-0.39, 0.29) is 12.5 Å². The fourth-order valence-corrected chi connectivity index (χ4v) is 3.50. The van der Waals surface area contributed by atoms with Crippen LogP contribution >= 0.6 is 0 Å². The molecule has 0 aliphatic rings. The van der Waals surface area contributed by atoms with Gasteiger partial charge in [-0.1, -0.05) is 94.8 Å². The predicted molar refractivity (Wildman–Crippen MR) is 128 cm³/mol. The van der Waals surface area contributed by atoms with Crippen molar-refractivity contribution >= 4 is 5.91 Å². The van der Waals surface area contributed by atoms with Gasteiger partial charge in [0.05, 0.1) is 18.8 Å². The molecule has 0 radical (unpaired) electrons. The van der Waals surface area contributed by atoms with E-state index in [0.717, 1.165) is 25.7 Å². The van der Waals surface area contributed by atoms with Gasteiger partial charge < -0.3 is 15.5 Å². The number of hydrogen-bond acceptors (Lipinski definition) is 4. The van der Waals surface area contributed by atoms with E-state index in [2.05, 4.69) is 22.3 Å². The molecule has 0 aliphatic carbocycles. The van der Waals surface area contributed by atoms with Crippen LogP contribution in [0.25, 0.3) is 10.4 Å². The first-order valence-corrected chi connectivity index (χ1v) is 12.4. The highest BCUT2D eigenvalue weighted by molar-refractivity contribution is 5.76. The number of aliphatic hydroxyl groups is 2. The number of amides is 1. The molecule has 0 aromatic heterocycles. The highest BCUT2D eigenvalue weighted by atomic mass is 16.3. The first kappa shape index (κ1) is 29.4. The molecule has 31 heavy (non-hydrogen) atoms. The van der Waals surface area contributed by atoms with Crippen molar-refractivity contribution in [2.45, 2.75) is 122 Å². The zero-order valence-corrected chi connectivity index (χ0v) is 19.7. The molecule has 0 spiro atoms. The number of carbonyl (C=O) groups is 1. The summed E-state index contributed by atoms with van der Waals surface area (Å²) in [6.07, 6.45) is 20.6. The number of unbranched alkanes of at least 4 members (excludes halogenated alkanes) is 13. The summed E-state index contributed by atoms with van der Waals surface area (Å²) in [4.78, 5) is 14.6. The highest BCUT2D eigenvalue weighted by Crippen LogP contribution is 2.12. The molecule has 0 bridgehead atoms. The highest BCUT2D eigenvalue weighted by Gasteiger charge is 2.17. The van der Waals surface area contributed by atoms with Crippen molar-refractivity contribution in [1.29, 1.82) is 0 Å². The maximum absolute atomic E-state index is 12.0. The van der Waals surface area contributed by atoms with E-state index in [1.165, 1.54) is 64.2 Å².